The summed E-state index contributed by atoms with van der Waals surface area (Å²) in [5.74, 6) is -1.03. The summed E-state index contributed by atoms with van der Waals surface area (Å²) in [5.41, 5.74) is 2.50. The van der Waals surface area contributed by atoms with Crippen LogP contribution in [0, 0.1) is 5.92 Å². The average molecular weight is 571 g/mol. The Morgan fingerprint density at radius 1 is 0.907 bits per heavy atom. The lowest BCUT2D eigenvalue weighted by Gasteiger charge is -2.38. The first-order valence-corrected chi connectivity index (χ1v) is 14.4. The van der Waals surface area contributed by atoms with E-state index in [1.807, 2.05) is 78.7 Å². The molecule has 0 saturated carbocycles. The molecule has 4 atom stereocenters. The Balaban J connectivity index is 1.54. The number of carbonyl (C=O) groups excluding carboxylic acids is 3. The zero-order chi connectivity index (χ0) is 29.7. The van der Waals surface area contributed by atoms with Crippen molar-refractivity contribution in [1.82, 2.24) is 4.90 Å². The van der Waals surface area contributed by atoms with Crippen molar-refractivity contribution in [2.24, 2.45) is 5.92 Å². The normalized spacial score (nSPS) is 22.9. The van der Waals surface area contributed by atoms with Crippen LogP contribution in [0.5, 0.6) is 11.5 Å². The highest BCUT2D eigenvalue weighted by Crippen LogP contribution is 2.62. The van der Waals surface area contributed by atoms with E-state index in [9.17, 15) is 9.59 Å². The molecule has 0 bridgehead atoms. The number of anilines is 1. The Labute approximate surface area is 249 Å². The van der Waals surface area contributed by atoms with Crippen LogP contribution in [0.25, 0.3) is 6.08 Å². The number of amides is 1. The molecule has 7 rings (SSSR count). The van der Waals surface area contributed by atoms with Gasteiger partial charge in [0.2, 0.25) is 5.91 Å². The lowest BCUT2D eigenvalue weighted by atomic mass is 9.62. The molecule has 1 saturated heterocycles. The zero-order valence-electron chi connectivity index (χ0n) is 23.8. The summed E-state index contributed by atoms with van der Waals surface area (Å²) in [5, 5.41) is 3.08. The zero-order valence-corrected chi connectivity index (χ0v) is 23.8. The van der Waals surface area contributed by atoms with Gasteiger partial charge in [0.05, 0.1) is 31.2 Å². The minimum Gasteiger partial charge on any atom is -0.497 e. The Bertz CT molecular complexity index is 1810. The summed E-state index contributed by atoms with van der Waals surface area (Å²) < 4.78 is 11.3. The van der Waals surface area contributed by atoms with Gasteiger partial charge in [-0.3, -0.25) is 14.4 Å². The van der Waals surface area contributed by atoms with E-state index in [1.165, 1.54) is 0 Å². The van der Waals surface area contributed by atoms with Crippen LogP contribution >= 0.6 is 0 Å². The van der Waals surface area contributed by atoms with Gasteiger partial charge in [-0.05, 0) is 60.0 Å². The Hall–Kier alpha value is -5.17. The van der Waals surface area contributed by atoms with E-state index in [0.717, 1.165) is 11.1 Å². The Kier molecular flexibility index (Phi) is 6.38. The van der Waals surface area contributed by atoms with Gasteiger partial charge in [-0.15, -0.1) is 0 Å². The van der Waals surface area contributed by atoms with Gasteiger partial charge in [0.15, 0.2) is 11.6 Å². The van der Waals surface area contributed by atoms with Crippen molar-refractivity contribution >= 4 is 29.2 Å². The fourth-order valence-corrected chi connectivity index (χ4v) is 7.23. The van der Waals surface area contributed by atoms with Crippen molar-refractivity contribution in [2.45, 2.75) is 24.4 Å². The van der Waals surface area contributed by atoms with Gasteiger partial charge in [0.1, 0.15) is 23.0 Å². The third-order valence-corrected chi connectivity index (χ3v) is 8.93. The van der Waals surface area contributed by atoms with Crippen molar-refractivity contribution in [3.8, 4) is 11.5 Å². The maximum Gasteiger partial charge on any atom is 0.238 e. The summed E-state index contributed by atoms with van der Waals surface area (Å²) in [4.78, 5) is 46.4. The number of benzene rings is 4. The molecule has 3 heterocycles. The minimum absolute atomic E-state index is 0.269. The van der Waals surface area contributed by atoms with Gasteiger partial charge in [0, 0.05) is 17.5 Å². The molecule has 3 aliphatic heterocycles. The number of ketones is 2. The molecule has 1 N–H and O–H groups in total. The van der Waals surface area contributed by atoms with E-state index in [2.05, 4.69) is 5.32 Å². The van der Waals surface area contributed by atoms with Crippen LogP contribution in [0.3, 0.4) is 0 Å². The maximum atomic E-state index is 15.1. The van der Waals surface area contributed by atoms with E-state index >= 15 is 4.79 Å². The van der Waals surface area contributed by atoms with E-state index in [-0.39, 0.29) is 17.5 Å². The summed E-state index contributed by atoms with van der Waals surface area (Å²) in [6, 6.07) is 27.7. The predicted molar refractivity (Wildman–Crippen MR) is 163 cm³/mol. The highest BCUT2D eigenvalue weighted by Gasteiger charge is 2.70. The molecule has 43 heavy (non-hydrogen) atoms. The van der Waals surface area contributed by atoms with Crippen molar-refractivity contribution in [3.63, 3.8) is 0 Å². The fourth-order valence-electron chi connectivity index (χ4n) is 7.23. The lowest BCUT2D eigenvalue weighted by molar-refractivity contribution is -0.122. The maximum absolute atomic E-state index is 15.1. The SMILES string of the molecule is CCOc1ccccc1C(=O)C1C(C(=O)c2cccc(OC)c2)N2C=Cc3ccccc3C2C12C(=O)Nc1ccccc12. The molecule has 0 radical (unpaired) electrons. The molecule has 7 nitrogen and oxygen atoms in total. The third kappa shape index (κ3) is 3.84. The number of methoxy groups -OCH3 is 1. The minimum atomic E-state index is -1.41. The topological polar surface area (TPSA) is 84.9 Å². The van der Waals surface area contributed by atoms with Gasteiger partial charge in [0.25, 0.3) is 0 Å². The summed E-state index contributed by atoms with van der Waals surface area (Å²) in [6.07, 6.45) is 3.82. The molecule has 0 aliphatic carbocycles. The lowest BCUT2D eigenvalue weighted by Crippen LogP contribution is -2.49. The number of hydrogen-bond acceptors (Lipinski definition) is 6. The number of para-hydroxylation sites is 2. The molecule has 4 aromatic rings. The van der Waals surface area contributed by atoms with Crippen molar-refractivity contribution in [3.05, 3.63) is 131 Å². The molecule has 3 aliphatic rings. The van der Waals surface area contributed by atoms with Crippen LogP contribution in [0.15, 0.2) is 103 Å². The quantitative estimate of drug-likeness (QED) is 0.271. The number of nitrogens with zero attached hydrogens (tertiary/aromatic N) is 1. The first kappa shape index (κ1) is 26.7. The molecular weight excluding hydrogens is 540 g/mol. The summed E-state index contributed by atoms with van der Waals surface area (Å²) >= 11 is 0. The van der Waals surface area contributed by atoms with Gasteiger partial charge >= 0.3 is 0 Å². The standard InChI is InChI=1S/C36H30N2O5/c1-3-43-29-18-9-6-15-26(29)33(40)30-31(32(39)23-12-10-13-24(21-23)42-2)38-20-19-22-11-4-5-14-25(22)34(38)36(30)27-16-7-8-17-28(27)37-35(36)41/h4-21,30-31,34H,3H2,1-2H3,(H,37,41). The van der Waals surface area contributed by atoms with Crippen molar-refractivity contribution in [1.29, 1.82) is 0 Å². The van der Waals surface area contributed by atoms with Gasteiger partial charge in [-0.25, -0.2) is 0 Å². The average Bonchev–Trinajstić information content (AvgIpc) is 3.53. The largest absolute Gasteiger partial charge is 0.497 e. The molecular formula is C36H30N2O5. The molecule has 4 unspecified atom stereocenters. The smallest absolute Gasteiger partial charge is 0.238 e. The second kappa shape index (κ2) is 10.3. The Morgan fingerprint density at radius 2 is 1.67 bits per heavy atom. The number of Topliss-reactive ketones (excluding diaryl/α,β-unsaturated/α-hetero) is 2. The summed E-state index contributed by atoms with van der Waals surface area (Å²) in [7, 11) is 1.55. The number of fused-ring (bicyclic) bond motifs is 6. The van der Waals surface area contributed by atoms with Crippen molar-refractivity contribution in [2.75, 3.05) is 19.0 Å². The molecule has 1 fully saturated rings. The van der Waals surface area contributed by atoms with Gasteiger partial charge in [-0.1, -0.05) is 66.7 Å². The highest BCUT2D eigenvalue weighted by molar-refractivity contribution is 6.17. The number of carbonyl (C=O) groups is 3. The van der Waals surface area contributed by atoms with E-state index in [4.69, 9.17) is 9.47 Å². The van der Waals surface area contributed by atoms with Gasteiger partial charge in [-0.2, -0.15) is 0 Å². The van der Waals surface area contributed by atoms with Crippen molar-refractivity contribution < 1.29 is 23.9 Å². The molecule has 1 amide bonds. The van der Waals surface area contributed by atoms with E-state index < -0.39 is 23.4 Å². The first-order chi connectivity index (χ1) is 21.0. The second-order valence-corrected chi connectivity index (χ2v) is 11.0. The Morgan fingerprint density at radius 3 is 2.51 bits per heavy atom. The molecule has 214 valence electrons. The molecule has 4 aromatic carbocycles. The predicted octanol–water partition coefficient (Wildman–Crippen LogP) is 6.08. The van der Waals surface area contributed by atoms with Crippen LogP contribution in [-0.4, -0.2) is 42.1 Å². The molecule has 0 aromatic heterocycles. The van der Waals surface area contributed by atoms with E-state index in [0.29, 0.717) is 40.5 Å². The first-order valence-electron chi connectivity index (χ1n) is 14.4. The molecule has 1 spiro atoms. The number of hydrogen-bond donors (Lipinski definition) is 1. The second-order valence-electron chi connectivity index (χ2n) is 11.0. The molecule has 7 heteroatoms. The van der Waals surface area contributed by atoms with Crippen LogP contribution in [0.1, 0.15) is 50.4 Å². The number of nitrogens with one attached hydrogen (secondary N) is 1. The summed E-state index contributed by atoms with van der Waals surface area (Å²) in [6.45, 7) is 2.22. The van der Waals surface area contributed by atoms with Crippen LogP contribution < -0.4 is 14.8 Å². The monoisotopic (exact) mass is 570 g/mol. The number of rotatable bonds is 7. The van der Waals surface area contributed by atoms with Gasteiger partial charge < -0.3 is 19.7 Å². The number of ether oxygens (including phenoxy) is 2. The van der Waals surface area contributed by atoms with Crippen LogP contribution in [-0.2, 0) is 10.2 Å². The van der Waals surface area contributed by atoms with E-state index in [1.54, 1.807) is 49.6 Å². The highest BCUT2D eigenvalue weighted by atomic mass is 16.5. The third-order valence-electron chi connectivity index (χ3n) is 8.93. The fraction of sp³-hybridized carbons (Fsp3) is 0.194. The van der Waals surface area contributed by atoms with Crippen LogP contribution in [0.4, 0.5) is 5.69 Å². The van der Waals surface area contributed by atoms with Crippen LogP contribution in [0.2, 0.25) is 0 Å².